The first-order chi connectivity index (χ1) is 14.7. The monoisotopic (exact) mass is 468 g/mol. The molecule has 0 N–H and O–H groups in total. The number of thiophene rings is 1. The Balaban J connectivity index is 1.59. The molecule has 0 unspecified atom stereocenters. The molecule has 0 radical (unpaired) electrons. The minimum absolute atomic E-state index is 0.240. The van der Waals surface area contributed by atoms with Gasteiger partial charge in [0.15, 0.2) is 5.82 Å². The number of aromatic nitrogens is 2. The van der Waals surface area contributed by atoms with E-state index >= 15 is 0 Å². The molecule has 0 spiro atoms. The van der Waals surface area contributed by atoms with Crippen LogP contribution in [0.15, 0.2) is 6.07 Å². The number of carbonyl (C=O) groups excluding carboxylic acids is 1. The van der Waals surface area contributed by atoms with E-state index in [-0.39, 0.29) is 11.4 Å². The summed E-state index contributed by atoms with van der Waals surface area (Å²) in [5.74, 6) is 0.854. The number of hydrogen-bond donors (Lipinski definition) is 0. The number of hydrogen-bond acceptors (Lipinski definition) is 8. The average Bonchev–Trinajstić information content (AvgIpc) is 3.17. The van der Waals surface area contributed by atoms with Crippen molar-refractivity contribution in [2.75, 3.05) is 51.4 Å². The Kier molecular flexibility index (Phi) is 6.31. The summed E-state index contributed by atoms with van der Waals surface area (Å²) in [6.07, 6.45) is 1.09. The number of ether oxygens (including phenoxy) is 3. The van der Waals surface area contributed by atoms with Gasteiger partial charge in [0.05, 0.1) is 23.4 Å². The minimum Gasteiger partial charge on any atom is -0.444 e. The number of carbonyl (C=O) groups is 1. The van der Waals surface area contributed by atoms with Crippen LogP contribution < -0.4 is 4.90 Å². The van der Waals surface area contributed by atoms with Gasteiger partial charge < -0.3 is 24.0 Å². The third kappa shape index (κ3) is 4.74. The second-order valence-electron chi connectivity index (χ2n) is 8.91. The Morgan fingerprint density at radius 1 is 1.19 bits per heavy atom. The number of halogens is 1. The molecular formula is C21H29ClN4O4S. The lowest BCUT2D eigenvalue weighted by molar-refractivity contribution is -0.0626. The van der Waals surface area contributed by atoms with Gasteiger partial charge in [-0.2, -0.15) is 4.98 Å². The Bertz CT molecular complexity index is 947. The fourth-order valence-electron chi connectivity index (χ4n) is 4.03. The van der Waals surface area contributed by atoms with Crippen LogP contribution in [-0.2, 0) is 19.8 Å². The number of piperidine rings is 1. The lowest BCUT2D eigenvalue weighted by Gasteiger charge is -2.40. The zero-order valence-corrected chi connectivity index (χ0v) is 20.0. The van der Waals surface area contributed by atoms with Gasteiger partial charge in [0.1, 0.15) is 11.2 Å². The highest BCUT2D eigenvalue weighted by Gasteiger charge is 2.40. The molecule has 1 amide bonds. The van der Waals surface area contributed by atoms with Gasteiger partial charge in [-0.25, -0.2) is 9.78 Å². The van der Waals surface area contributed by atoms with Crippen LogP contribution in [0.25, 0.3) is 10.2 Å². The molecule has 0 saturated carbocycles. The quantitative estimate of drug-likeness (QED) is 0.628. The lowest BCUT2D eigenvalue weighted by atomic mass is 9.89. The zero-order chi connectivity index (χ0) is 22.2. The van der Waals surface area contributed by atoms with E-state index in [9.17, 15) is 4.79 Å². The number of amides is 1. The van der Waals surface area contributed by atoms with Crippen LogP contribution in [0.4, 0.5) is 10.6 Å². The molecule has 2 aliphatic heterocycles. The molecule has 170 valence electrons. The number of methoxy groups -OCH3 is 1. The maximum absolute atomic E-state index is 12.5. The maximum Gasteiger partial charge on any atom is 0.410 e. The highest BCUT2D eigenvalue weighted by atomic mass is 35.5. The highest BCUT2D eigenvalue weighted by Crippen LogP contribution is 2.44. The fourth-order valence-corrected chi connectivity index (χ4v) is 5.54. The van der Waals surface area contributed by atoms with E-state index in [0.717, 1.165) is 34.0 Å². The smallest absolute Gasteiger partial charge is 0.410 e. The van der Waals surface area contributed by atoms with Gasteiger partial charge in [0.2, 0.25) is 5.28 Å². The van der Waals surface area contributed by atoms with Crippen molar-refractivity contribution in [1.82, 2.24) is 14.9 Å². The van der Waals surface area contributed by atoms with Crippen molar-refractivity contribution in [2.45, 2.75) is 44.8 Å². The van der Waals surface area contributed by atoms with Gasteiger partial charge in [-0.3, -0.25) is 0 Å². The Morgan fingerprint density at radius 2 is 1.87 bits per heavy atom. The summed E-state index contributed by atoms with van der Waals surface area (Å²) in [4.78, 5) is 26.5. The van der Waals surface area contributed by atoms with E-state index in [1.54, 1.807) is 23.3 Å². The number of rotatable bonds is 3. The van der Waals surface area contributed by atoms with Crippen molar-refractivity contribution in [1.29, 1.82) is 0 Å². The molecule has 2 fully saturated rings. The first-order valence-electron chi connectivity index (χ1n) is 10.5. The summed E-state index contributed by atoms with van der Waals surface area (Å²) < 4.78 is 18.1. The summed E-state index contributed by atoms with van der Waals surface area (Å²) in [6, 6.07) is 2.06. The van der Waals surface area contributed by atoms with Crippen LogP contribution in [0.3, 0.4) is 0 Å². The molecule has 2 aliphatic rings. The Morgan fingerprint density at radius 3 is 2.48 bits per heavy atom. The second kappa shape index (κ2) is 8.69. The molecule has 0 atom stereocenters. The Hall–Kier alpha value is -1.68. The summed E-state index contributed by atoms with van der Waals surface area (Å²) in [5, 5.41) is 0.240. The first-order valence-corrected chi connectivity index (χ1v) is 11.7. The van der Waals surface area contributed by atoms with Crippen LogP contribution in [0.1, 0.15) is 38.5 Å². The van der Waals surface area contributed by atoms with Crippen molar-refractivity contribution in [3.63, 3.8) is 0 Å². The molecule has 10 heteroatoms. The predicted molar refractivity (Wildman–Crippen MR) is 121 cm³/mol. The van der Waals surface area contributed by atoms with Crippen molar-refractivity contribution < 1.29 is 19.0 Å². The van der Waals surface area contributed by atoms with Crippen molar-refractivity contribution in [3.8, 4) is 0 Å². The second-order valence-corrected chi connectivity index (χ2v) is 10.3. The Labute approximate surface area is 191 Å². The predicted octanol–water partition coefficient (Wildman–Crippen LogP) is 4.05. The van der Waals surface area contributed by atoms with Gasteiger partial charge in [0.25, 0.3) is 0 Å². The number of fused-ring (bicyclic) bond motifs is 1. The number of nitrogens with zero attached hydrogens (tertiary/aromatic N) is 4. The molecule has 31 heavy (non-hydrogen) atoms. The molecule has 2 saturated heterocycles. The van der Waals surface area contributed by atoms with Crippen LogP contribution in [0.2, 0.25) is 5.28 Å². The lowest BCUT2D eigenvalue weighted by Crippen LogP contribution is -2.47. The zero-order valence-electron chi connectivity index (χ0n) is 18.4. The average molecular weight is 469 g/mol. The van der Waals surface area contributed by atoms with Crippen molar-refractivity contribution >= 4 is 45.1 Å². The third-order valence-electron chi connectivity index (χ3n) is 5.70. The first kappa shape index (κ1) is 22.5. The molecule has 0 aliphatic carbocycles. The molecule has 2 aromatic rings. The van der Waals surface area contributed by atoms with Crippen LogP contribution in [0.5, 0.6) is 0 Å². The minimum atomic E-state index is -0.508. The summed E-state index contributed by atoms with van der Waals surface area (Å²) in [6.45, 7) is 9.66. The highest BCUT2D eigenvalue weighted by molar-refractivity contribution is 7.19. The molecular weight excluding hydrogens is 440 g/mol. The van der Waals surface area contributed by atoms with Gasteiger partial charge in [-0.15, -0.1) is 11.3 Å². The van der Waals surface area contributed by atoms with Crippen LogP contribution in [0, 0.1) is 0 Å². The molecule has 4 heterocycles. The molecule has 0 bridgehead atoms. The van der Waals surface area contributed by atoms with Crippen LogP contribution >= 0.6 is 22.9 Å². The van der Waals surface area contributed by atoms with Crippen molar-refractivity contribution in [2.24, 2.45) is 0 Å². The molecule has 8 nitrogen and oxygen atoms in total. The summed E-state index contributed by atoms with van der Waals surface area (Å²) in [7, 11) is 1.73. The fraction of sp³-hybridized carbons (Fsp3) is 0.667. The number of morpholine rings is 1. The molecule has 0 aromatic carbocycles. The number of anilines is 1. The maximum atomic E-state index is 12.5. The third-order valence-corrected chi connectivity index (χ3v) is 7.17. The van der Waals surface area contributed by atoms with Gasteiger partial charge in [-0.1, -0.05) is 0 Å². The largest absolute Gasteiger partial charge is 0.444 e. The topological polar surface area (TPSA) is 77.0 Å². The van der Waals surface area contributed by atoms with Gasteiger partial charge in [-0.05, 0) is 51.3 Å². The van der Waals surface area contributed by atoms with Gasteiger partial charge in [0, 0.05) is 38.2 Å². The SMILES string of the molecule is COC1(c2cc3nc(Cl)nc(N4CCOCC4)c3s2)CCN(C(=O)OC(C)(C)C)CC1. The summed E-state index contributed by atoms with van der Waals surface area (Å²) >= 11 is 7.90. The number of likely N-dealkylation sites (tertiary alicyclic amines) is 1. The normalized spacial score (nSPS) is 19.6. The standard InChI is InChI=1S/C21H29ClN4O4S/c1-20(2,3)30-19(27)26-7-5-21(28-4,6-8-26)15-13-14-16(31-15)17(24-18(22)23-14)25-9-11-29-12-10-25/h13H,5-12H2,1-4H3. The van der Waals surface area contributed by atoms with E-state index in [1.165, 1.54) is 0 Å². The van der Waals surface area contributed by atoms with Crippen molar-refractivity contribution in [3.05, 3.63) is 16.2 Å². The van der Waals surface area contributed by atoms with Gasteiger partial charge >= 0.3 is 6.09 Å². The van der Waals surface area contributed by atoms with E-state index in [0.29, 0.717) is 39.1 Å². The molecule has 4 rings (SSSR count). The van der Waals surface area contributed by atoms with E-state index in [1.807, 2.05) is 20.8 Å². The molecule has 2 aromatic heterocycles. The van der Waals surface area contributed by atoms with Crippen LogP contribution in [-0.4, -0.2) is 73.1 Å². The van der Waals surface area contributed by atoms with E-state index in [2.05, 4.69) is 20.9 Å². The summed E-state index contributed by atoms with van der Waals surface area (Å²) in [5.41, 5.74) is -0.155. The van der Waals surface area contributed by atoms with E-state index in [4.69, 9.17) is 25.8 Å². The van der Waals surface area contributed by atoms with E-state index < -0.39 is 11.2 Å².